The molecule has 0 unspecified atom stereocenters. The lowest BCUT2D eigenvalue weighted by Crippen LogP contribution is -2.12. The van der Waals surface area contributed by atoms with Gasteiger partial charge in [0.2, 0.25) is 5.91 Å². The molecule has 0 aromatic heterocycles. The number of ether oxygens (including phenoxy) is 1. The topological polar surface area (TPSA) is 38.3 Å². The number of hydrogen-bond donors (Lipinski definition) is 1. The maximum atomic E-state index is 11.8. The molecular formula is C18H20ClNO2. The lowest BCUT2D eigenvalue weighted by atomic mass is 10.1. The van der Waals surface area contributed by atoms with Gasteiger partial charge < -0.3 is 10.1 Å². The van der Waals surface area contributed by atoms with Crippen LogP contribution in [0.15, 0.2) is 42.5 Å². The number of benzene rings is 2. The van der Waals surface area contributed by atoms with Crippen LogP contribution >= 0.6 is 11.6 Å². The van der Waals surface area contributed by atoms with Gasteiger partial charge in [0.05, 0.1) is 6.61 Å². The Morgan fingerprint density at radius 1 is 1.14 bits per heavy atom. The summed E-state index contributed by atoms with van der Waals surface area (Å²) in [7, 11) is 0. The first-order chi connectivity index (χ1) is 10.6. The molecule has 2 aromatic carbocycles. The molecular weight excluding hydrogens is 298 g/mol. The van der Waals surface area contributed by atoms with Gasteiger partial charge in [-0.15, -0.1) is 0 Å². The van der Waals surface area contributed by atoms with Gasteiger partial charge in [0.15, 0.2) is 0 Å². The van der Waals surface area contributed by atoms with Crippen molar-refractivity contribution in [3.05, 3.63) is 58.6 Å². The summed E-state index contributed by atoms with van der Waals surface area (Å²) in [5.41, 5.74) is 3.11. The average Bonchev–Trinajstić information content (AvgIpc) is 2.50. The van der Waals surface area contributed by atoms with E-state index in [1.54, 1.807) is 24.3 Å². The van der Waals surface area contributed by atoms with Gasteiger partial charge in [0.25, 0.3) is 0 Å². The maximum absolute atomic E-state index is 11.8. The van der Waals surface area contributed by atoms with Crippen molar-refractivity contribution in [2.75, 3.05) is 11.9 Å². The Labute approximate surface area is 136 Å². The molecule has 3 nitrogen and oxygen atoms in total. The summed E-state index contributed by atoms with van der Waals surface area (Å²) < 4.78 is 5.74. The Bertz CT molecular complexity index is 638. The fourth-order valence-electron chi connectivity index (χ4n) is 2.05. The number of carbonyl (C=O) groups is 1. The third-order valence-corrected chi connectivity index (χ3v) is 3.74. The SMILES string of the molecule is Cc1cccc(OCCCC(=O)Nc2ccc(Cl)cc2)c1C. The lowest BCUT2D eigenvalue weighted by molar-refractivity contribution is -0.116. The van der Waals surface area contributed by atoms with E-state index < -0.39 is 0 Å². The van der Waals surface area contributed by atoms with Crippen LogP contribution in [0.1, 0.15) is 24.0 Å². The Morgan fingerprint density at radius 2 is 1.86 bits per heavy atom. The van der Waals surface area contributed by atoms with Gasteiger partial charge in [-0.3, -0.25) is 4.79 Å². The Kier molecular flexibility index (Phi) is 5.84. The highest BCUT2D eigenvalue weighted by Gasteiger charge is 2.04. The molecule has 2 rings (SSSR count). The van der Waals surface area contributed by atoms with Crippen LogP contribution < -0.4 is 10.1 Å². The molecule has 1 N–H and O–H groups in total. The summed E-state index contributed by atoms with van der Waals surface area (Å²) in [5.74, 6) is 0.866. The molecule has 0 spiro atoms. The monoisotopic (exact) mass is 317 g/mol. The first kappa shape index (κ1) is 16.4. The summed E-state index contributed by atoms with van der Waals surface area (Å²) in [5, 5.41) is 3.49. The number of carbonyl (C=O) groups excluding carboxylic acids is 1. The van der Waals surface area contributed by atoms with Crippen molar-refractivity contribution in [2.24, 2.45) is 0 Å². The molecule has 116 valence electrons. The number of halogens is 1. The molecule has 0 fully saturated rings. The molecule has 4 heteroatoms. The highest BCUT2D eigenvalue weighted by Crippen LogP contribution is 2.20. The molecule has 0 radical (unpaired) electrons. The number of hydrogen-bond acceptors (Lipinski definition) is 2. The lowest BCUT2D eigenvalue weighted by Gasteiger charge is -2.10. The first-order valence-corrected chi connectivity index (χ1v) is 7.68. The van der Waals surface area contributed by atoms with Gasteiger partial charge in [-0.25, -0.2) is 0 Å². The fraction of sp³-hybridized carbons (Fsp3) is 0.278. The Morgan fingerprint density at radius 3 is 2.59 bits per heavy atom. The van der Waals surface area contributed by atoms with Crippen molar-refractivity contribution in [3.63, 3.8) is 0 Å². The molecule has 0 saturated heterocycles. The van der Waals surface area contributed by atoms with E-state index in [4.69, 9.17) is 16.3 Å². The van der Waals surface area contributed by atoms with Crippen molar-refractivity contribution in [1.29, 1.82) is 0 Å². The van der Waals surface area contributed by atoms with E-state index in [1.165, 1.54) is 5.56 Å². The van der Waals surface area contributed by atoms with Gasteiger partial charge in [0.1, 0.15) is 5.75 Å². The standard InChI is InChI=1S/C18H20ClNO2/c1-13-5-3-6-17(14(13)2)22-12-4-7-18(21)20-16-10-8-15(19)9-11-16/h3,5-6,8-11H,4,7,12H2,1-2H3,(H,20,21). The summed E-state index contributed by atoms with van der Waals surface area (Å²) in [6, 6.07) is 13.1. The summed E-state index contributed by atoms with van der Waals surface area (Å²) in [6.07, 6.45) is 1.10. The van der Waals surface area contributed by atoms with Crippen LogP contribution in [0.25, 0.3) is 0 Å². The van der Waals surface area contributed by atoms with E-state index in [0.717, 1.165) is 17.0 Å². The summed E-state index contributed by atoms with van der Waals surface area (Å²) >= 11 is 5.80. The van der Waals surface area contributed by atoms with Crippen LogP contribution in [-0.4, -0.2) is 12.5 Å². The zero-order valence-electron chi connectivity index (χ0n) is 12.9. The molecule has 0 aliphatic rings. The molecule has 2 aromatic rings. The molecule has 0 atom stereocenters. The van der Waals surface area contributed by atoms with Crippen LogP contribution in [0.2, 0.25) is 5.02 Å². The maximum Gasteiger partial charge on any atom is 0.224 e. The molecule has 0 heterocycles. The quantitative estimate of drug-likeness (QED) is 0.780. The number of anilines is 1. The Hall–Kier alpha value is -2.00. The van der Waals surface area contributed by atoms with E-state index in [2.05, 4.69) is 18.3 Å². The highest BCUT2D eigenvalue weighted by atomic mass is 35.5. The van der Waals surface area contributed by atoms with Crippen molar-refractivity contribution in [3.8, 4) is 5.75 Å². The molecule has 0 saturated carbocycles. The molecule has 1 amide bonds. The highest BCUT2D eigenvalue weighted by molar-refractivity contribution is 6.30. The second-order valence-corrected chi connectivity index (χ2v) is 5.64. The molecule has 22 heavy (non-hydrogen) atoms. The zero-order chi connectivity index (χ0) is 15.9. The summed E-state index contributed by atoms with van der Waals surface area (Å²) in [4.78, 5) is 11.8. The van der Waals surface area contributed by atoms with Crippen LogP contribution in [-0.2, 0) is 4.79 Å². The van der Waals surface area contributed by atoms with Crippen LogP contribution in [0.5, 0.6) is 5.75 Å². The number of rotatable bonds is 6. The van der Waals surface area contributed by atoms with E-state index in [1.807, 2.05) is 19.1 Å². The van der Waals surface area contributed by atoms with Gasteiger partial charge in [-0.2, -0.15) is 0 Å². The van der Waals surface area contributed by atoms with Crippen LogP contribution in [0.4, 0.5) is 5.69 Å². The van der Waals surface area contributed by atoms with Crippen molar-refractivity contribution in [2.45, 2.75) is 26.7 Å². The first-order valence-electron chi connectivity index (χ1n) is 7.30. The van der Waals surface area contributed by atoms with E-state index in [9.17, 15) is 4.79 Å². The van der Waals surface area contributed by atoms with E-state index in [0.29, 0.717) is 24.5 Å². The van der Waals surface area contributed by atoms with Crippen molar-refractivity contribution in [1.82, 2.24) is 0 Å². The number of aryl methyl sites for hydroxylation is 1. The largest absolute Gasteiger partial charge is 0.493 e. The van der Waals surface area contributed by atoms with Gasteiger partial charge in [-0.1, -0.05) is 23.7 Å². The predicted molar refractivity (Wildman–Crippen MR) is 90.7 cm³/mol. The minimum absolute atomic E-state index is 0.0214. The average molecular weight is 318 g/mol. The van der Waals surface area contributed by atoms with Crippen molar-refractivity contribution < 1.29 is 9.53 Å². The summed E-state index contributed by atoms with van der Waals surface area (Å²) in [6.45, 7) is 4.62. The zero-order valence-corrected chi connectivity index (χ0v) is 13.6. The molecule has 0 aliphatic heterocycles. The molecule has 0 aliphatic carbocycles. The third kappa shape index (κ3) is 4.78. The molecule has 0 bridgehead atoms. The van der Waals surface area contributed by atoms with Gasteiger partial charge in [0, 0.05) is 17.1 Å². The van der Waals surface area contributed by atoms with E-state index >= 15 is 0 Å². The second-order valence-electron chi connectivity index (χ2n) is 5.21. The van der Waals surface area contributed by atoms with Gasteiger partial charge >= 0.3 is 0 Å². The normalized spacial score (nSPS) is 10.3. The third-order valence-electron chi connectivity index (χ3n) is 3.49. The van der Waals surface area contributed by atoms with E-state index in [-0.39, 0.29) is 5.91 Å². The minimum Gasteiger partial charge on any atom is -0.493 e. The number of amides is 1. The predicted octanol–water partition coefficient (Wildman–Crippen LogP) is 4.75. The van der Waals surface area contributed by atoms with Crippen LogP contribution in [0.3, 0.4) is 0 Å². The van der Waals surface area contributed by atoms with Gasteiger partial charge in [-0.05, 0) is 61.7 Å². The minimum atomic E-state index is -0.0214. The Balaban J connectivity index is 1.73. The van der Waals surface area contributed by atoms with Crippen LogP contribution in [0, 0.1) is 13.8 Å². The van der Waals surface area contributed by atoms with Crippen molar-refractivity contribution >= 4 is 23.2 Å². The fourth-order valence-corrected chi connectivity index (χ4v) is 2.18. The number of nitrogens with one attached hydrogen (secondary N) is 1. The smallest absolute Gasteiger partial charge is 0.224 e. The second kappa shape index (κ2) is 7.85.